The first kappa shape index (κ1) is 15.5. The third-order valence-electron chi connectivity index (χ3n) is 5.02. The summed E-state index contributed by atoms with van der Waals surface area (Å²) in [7, 11) is 2.90. The van der Waals surface area contributed by atoms with Crippen LogP contribution in [0.5, 0.6) is 0 Å². The van der Waals surface area contributed by atoms with E-state index in [1.165, 1.54) is 14.1 Å². The Morgan fingerprint density at radius 2 is 1.26 bits per heavy atom. The summed E-state index contributed by atoms with van der Waals surface area (Å²) in [5.41, 5.74) is -1.26. The van der Waals surface area contributed by atoms with Gasteiger partial charge in [-0.05, 0) is 12.8 Å². The number of amides is 4. The second kappa shape index (κ2) is 5.65. The zero-order valence-electron chi connectivity index (χ0n) is 13.3. The quantitative estimate of drug-likeness (QED) is 0.735. The van der Waals surface area contributed by atoms with Crippen LogP contribution >= 0.6 is 0 Å². The maximum absolute atomic E-state index is 13.2. The highest BCUT2D eigenvalue weighted by molar-refractivity contribution is 6.19. The summed E-state index contributed by atoms with van der Waals surface area (Å²) in [6.45, 7) is 0. The Labute approximate surface area is 135 Å². The molecule has 120 valence electrons. The molecule has 3 aliphatic rings. The first-order valence-electron chi connectivity index (χ1n) is 7.78. The number of rotatable bonds is 2. The van der Waals surface area contributed by atoms with Crippen LogP contribution in [-0.4, -0.2) is 41.7 Å². The lowest BCUT2D eigenvalue weighted by Gasteiger charge is -2.48. The largest absolute Gasteiger partial charge is 0.332 e. The third-order valence-corrected chi connectivity index (χ3v) is 5.02. The van der Waals surface area contributed by atoms with Gasteiger partial charge in [0.2, 0.25) is 11.8 Å². The fraction of sp³-hybridized carbons (Fsp3) is 0.389. The SMILES string of the molecule is CN1C(=O)N(C)C(=O)C(C2C=CC=CC2)(C2C=CC=CC2)C1=O. The normalized spacial score (nSPS) is 29.6. The van der Waals surface area contributed by atoms with Crippen LogP contribution in [-0.2, 0) is 9.59 Å². The zero-order valence-corrected chi connectivity index (χ0v) is 13.3. The first-order chi connectivity index (χ1) is 11.0. The Balaban J connectivity index is 2.16. The van der Waals surface area contributed by atoms with E-state index < -0.39 is 23.3 Å². The van der Waals surface area contributed by atoms with E-state index in [-0.39, 0.29) is 11.8 Å². The van der Waals surface area contributed by atoms with Gasteiger partial charge < -0.3 is 0 Å². The minimum atomic E-state index is -1.26. The van der Waals surface area contributed by atoms with Crippen molar-refractivity contribution in [3.63, 3.8) is 0 Å². The van der Waals surface area contributed by atoms with Crippen molar-refractivity contribution in [2.75, 3.05) is 14.1 Å². The Hall–Kier alpha value is -2.43. The molecule has 2 unspecified atom stereocenters. The molecule has 0 N–H and O–H groups in total. The molecule has 3 rings (SSSR count). The van der Waals surface area contributed by atoms with E-state index in [2.05, 4.69) is 0 Å². The monoisotopic (exact) mass is 312 g/mol. The number of hydrogen-bond donors (Lipinski definition) is 0. The molecule has 0 aromatic carbocycles. The van der Waals surface area contributed by atoms with Crippen LogP contribution < -0.4 is 0 Å². The fourth-order valence-electron chi connectivity index (χ4n) is 3.79. The molecule has 1 heterocycles. The number of barbiturate groups is 1. The highest BCUT2D eigenvalue weighted by atomic mass is 16.2. The standard InChI is InChI=1S/C18H20N2O3/c1-19-15(21)18(13-9-5-3-6-10-13,14-11-7-4-8-12-14)16(22)20(2)17(19)23/h3-9,11,13-14H,10,12H2,1-2H3. The zero-order chi connectivity index (χ0) is 16.6. The lowest BCUT2D eigenvalue weighted by atomic mass is 9.60. The van der Waals surface area contributed by atoms with Gasteiger partial charge in [-0.3, -0.25) is 19.4 Å². The minimum absolute atomic E-state index is 0.258. The highest BCUT2D eigenvalue weighted by Gasteiger charge is 2.61. The number of imide groups is 2. The smallest absolute Gasteiger partial charge is 0.273 e. The van der Waals surface area contributed by atoms with Crippen LogP contribution in [0.15, 0.2) is 48.6 Å². The molecule has 5 heteroatoms. The van der Waals surface area contributed by atoms with Gasteiger partial charge in [0, 0.05) is 25.9 Å². The third kappa shape index (κ3) is 2.11. The molecule has 4 amide bonds. The summed E-state index contributed by atoms with van der Waals surface area (Å²) >= 11 is 0. The Morgan fingerprint density at radius 1 is 0.826 bits per heavy atom. The van der Waals surface area contributed by atoms with E-state index in [1.807, 2.05) is 48.6 Å². The Morgan fingerprint density at radius 3 is 1.61 bits per heavy atom. The van der Waals surface area contributed by atoms with E-state index in [0.29, 0.717) is 12.8 Å². The van der Waals surface area contributed by atoms with Crippen LogP contribution in [0.4, 0.5) is 4.79 Å². The van der Waals surface area contributed by atoms with E-state index in [4.69, 9.17) is 0 Å². The van der Waals surface area contributed by atoms with Crippen LogP contribution in [0.3, 0.4) is 0 Å². The van der Waals surface area contributed by atoms with Gasteiger partial charge in [0.05, 0.1) is 0 Å². The van der Waals surface area contributed by atoms with Gasteiger partial charge in [-0.25, -0.2) is 4.79 Å². The number of carbonyl (C=O) groups is 3. The summed E-state index contributed by atoms with van der Waals surface area (Å²) in [6.07, 6.45) is 16.5. The predicted octanol–water partition coefficient (Wildman–Crippen LogP) is 2.29. The molecular weight excluding hydrogens is 292 g/mol. The molecule has 5 nitrogen and oxygen atoms in total. The van der Waals surface area contributed by atoms with Crippen molar-refractivity contribution in [1.29, 1.82) is 0 Å². The van der Waals surface area contributed by atoms with Crippen molar-refractivity contribution >= 4 is 17.8 Å². The topological polar surface area (TPSA) is 57.7 Å². The fourth-order valence-corrected chi connectivity index (χ4v) is 3.79. The summed E-state index contributed by atoms with van der Waals surface area (Å²) in [6, 6.07) is -0.568. The molecule has 2 aliphatic carbocycles. The molecule has 0 spiro atoms. The number of urea groups is 1. The second-order valence-electron chi connectivity index (χ2n) is 6.19. The van der Waals surface area contributed by atoms with Crippen molar-refractivity contribution in [2.24, 2.45) is 17.3 Å². The van der Waals surface area contributed by atoms with Gasteiger partial charge in [-0.15, -0.1) is 0 Å². The predicted molar refractivity (Wildman–Crippen MR) is 86.1 cm³/mol. The molecule has 2 atom stereocenters. The Bertz CT molecular complexity index is 616. The number of carbonyl (C=O) groups excluding carboxylic acids is 3. The number of nitrogens with zero attached hydrogens (tertiary/aromatic N) is 2. The summed E-state index contributed by atoms with van der Waals surface area (Å²) < 4.78 is 0. The van der Waals surface area contributed by atoms with Gasteiger partial charge >= 0.3 is 6.03 Å². The molecule has 0 radical (unpaired) electrons. The minimum Gasteiger partial charge on any atom is -0.273 e. The van der Waals surface area contributed by atoms with Crippen LogP contribution in [0.25, 0.3) is 0 Å². The van der Waals surface area contributed by atoms with Crippen molar-refractivity contribution < 1.29 is 14.4 Å². The van der Waals surface area contributed by atoms with Crippen LogP contribution in [0.2, 0.25) is 0 Å². The lowest BCUT2D eigenvalue weighted by Crippen LogP contribution is -2.67. The number of hydrogen-bond acceptors (Lipinski definition) is 3. The van der Waals surface area contributed by atoms with E-state index >= 15 is 0 Å². The molecule has 1 aliphatic heterocycles. The summed E-state index contributed by atoms with van der Waals surface area (Å²) in [5.74, 6) is -1.32. The summed E-state index contributed by atoms with van der Waals surface area (Å²) in [5, 5.41) is 0. The van der Waals surface area contributed by atoms with Gasteiger partial charge in [0.1, 0.15) is 5.41 Å². The van der Waals surface area contributed by atoms with E-state index in [9.17, 15) is 14.4 Å². The highest BCUT2D eigenvalue weighted by Crippen LogP contribution is 2.48. The van der Waals surface area contributed by atoms with Crippen molar-refractivity contribution in [1.82, 2.24) is 9.80 Å². The molecule has 0 aromatic heterocycles. The second-order valence-corrected chi connectivity index (χ2v) is 6.19. The first-order valence-corrected chi connectivity index (χ1v) is 7.78. The van der Waals surface area contributed by atoms with Gasteiger partial charge in [-0.2, -0.15) is 0 Å². The average Bonchev–Trinajstić information content (AvgIpc) is 2.61. The molecule has 1 saturated heterocycles. The molecule has 0 aromatic rings. The lowest BCUT2D eigenvalue weighted by molar-refractivity contribution is -0.163. The molecule has 0 bridgehead atoms. The Kier molecular flexibility index (Phi) is 3.80. The van der Waals surface area contributed by atoms with Gasteiger partial charge in [0.25, 0.3) is 0 Å². The van der Waals surface area contributed by atoms with Gasteiger partial charge in [-0.1, -0.05) is 48.6 Å². The molecule has 1 fully saturated rings. The van der Waals surface area contributed by atoms with Crippen molar-refractivity contribution in [3.05, 3.63) is 48.6 Å². The molecule has 0 saturated carbocycles. The summed E-state index contributed by atoms with van der Waals surface area (Å²) in [4.78, 5) is 40.6. The molecular formula is C18H20N2O3. The van der Waals surface area contributed by atoms with Gasteiger partial charge in [0.15, 0.2) is 0 Å². The maximum Gasteiger partial charge on any atom is 0.332 e. The van der Waals surface area contributed by atoms with Crippen LogP contribution in [0.1, 0.15) is 12.8 Å². The maximum atomic E-state index is 13.2. The van der Waals surface area contributed by atoms with Crippen LogP contribution in [0, 0.1) is 17.3 Å². The van der Waals surface area contributed by atoms with Crippen molar-refractivity contribution in [3.8, 4) is 0 Å². The van der Waals surface area contributed by atoms with E-state index in [0.717, 1.165) is 9.80 Å². The molecule has 23 heavy (non-hydrogen) atoms. The van der Waals surface area contributed by atoms with Crippen molar-refractivity contribution in [2.45, 2.75) is 12.8 Å². The number of allylic oxidation sites excluding steroid dienone is 8. The average molecular weight is 312 g/mol. The van der Waals surface area contributed by atoms with E-state index in [1.54, 1.807) is 0 Å².